The number of rotatable bonds is 3. The van der Waals surface area contributed by atoms with Crippen LogP contribution in [-0.2, 0) is 10.5 Å². The number of nitrogens with two attached hydrogens (primary N) is 1. The first-order chi connectivity index (χ1) is 8.69. The van der Waals surface area contributed by atoms with Gasteiger partial charge in [0.15, 0.2) is 0 Å². The number of nitrogens with one attached hydrogen (secondary N) is 2. The van der Waals surface area contributed by atoms with Gasteiger partial charge in [0.05, 0.1) is 24.2 Å². The van der Waals surface area contributed by atoms with E-state index in [0.717, 1.165) is 5.56 Å². The molecule has 0 radical (unpaired) electrons. The minimum atomic E-state index is -0.303. The molecule has 2 atom stereocenters. The Balaban J connectivity index is 1.95. The number of amides is 1. The quantitative estimate of drug-likeness (QED) is 0.736. The Hall–Kier alpha value is -1.55. The summed E-state index contributed by atoms with van der Waals surface area (Å²) < 4.78 is 0. The number of carbonyl (C=O) groups is 1. The summed E-state index contributed by atoms with van der Waals surface area (Å²) in [7, 11) is 0. The summed E-state index contributed by atoms with van der Waals surface area (Å²) in [6, 6.07) is 9.59. The van der Waals surface area contributed by atoms with Crippen molar-refractivity contribution in [2.75, 3.05) is 0 Å². The third kappa shape index (κ3) is 3.23. The SMILES string of the molecule is N#Cc1ccccc1CSC1NC(=O)CC(N)N1. The third-order valence-corrected chi connectivity index (χ3v) is 3.67. The summed E-state index contributed by atoms with van der Waals surface area (Å²) in [6.07, 6.45) is -0.00581. The van der Waals surface area contributed by atoms with E-state index in [-0.39, 0.29) is 17.6 Å². The standard InChI is InChI=1S/C12H14N4OS/c13-6-8-3-1-2-4-9(8)7-18-12-15-10(14)5-11(17)16-12/h1-4,10,12,15H,5,7,14H2,(H,16,17). The summed E-state index contributed by atoms with van der Waals surface area (Å²) >= 11 is 1.51. The molecule has 1 saturated heterocycles. The fourth-order valence-electron chi connectivity index (χ4n) is 1.72. The summed E-state index contributed by atoms with van der Waals surface area (Å²) in [5.74, 6) is 0.598. The van der Waals surface area contributed by atoms with E-state index in [1.807, 2.05) is 18.2 Å². The number of thioether (sulfide) groups is 1. The maximum Gasteiger partial charge on any atom is 0.224 e. The molecule has 0 aromatic heterocycles. The summed E-state index contributed by atoms with van der Waals surface area (Å²) in [4.78, 5) is 11.3. The van der Waals surface area contributed by atoms with Gasteiger partial charge < -0.3 is 11.1 Å². The highest BCUT2D eigenvalue weighted by molar-refractivity contribution is 7.99. The Morgan fingerprint density at radius 3 is 3.00 bits per heavy atom. The van der Waals surface area contributed by atoms with Gasteiger partial charge >= 0.3 is 0 Å². The molecule has 2 rings (SSSR count). The molecule has 0 saturated carbocycles. The van der Waals surface area contributed by atoms with Crippen LogP contribution in [0.5, 0.6) is 0 Å². The lowest BCUT2D eigenvalue weighted by molar-refractivity contribution is -0.123. The molecule has 1 fully saturated rings. The largest absolute Gasteiger partial charge is 0.332 e. The zero-order valence-electron chi connectivity index (χ0n) is 9.72. The van der Waals surface area contributed by atoms with Crippen molar-refractivity contribution in [1.82, 2.24) is 10.6 Å². The molecule has 1 heterocycles. The normalized spacial score (nSPS) is 23.2. The van der Waals surface area contributed by atoms with E-state index in [1.54, 1.807) is 6.07 Å². The average Bonchev–Trinajstić information content (AvgIpc) is 2.35. The molecule has 1 aliphatic rings. The maximum atomic E-state index is 11.3. The number of nitriles is 1. The van der Waals surface area contributed by atoms with Crippen LogP contribution in [0.1, 0.15) is 17.5 Å². The number of hydrogen-bond acceptors (Lipinski definition) is 5. The van der Waals surface area contributed by atoms with Crippen LogP contribution in [0.4, 0.5) is 0 Å². The van der Waals surface area contributed by atoms with E-state index < -0.39 is 0 Å². The van der Waals surface area contributed by atoms with Crippen LogP contribution in [0.15, 0.2) is 24.3 Å². The first-order valence-corrected chi connectivity index (χ1v) is 6.64. The summed E-state index contributed by atoms with van der Waals surface area (Å²) in [6.45, 7) is 0. The highest BCUT2D eigenvalue weighted by Gasteiger charge is 2.23. The molecule has 0 bridgehead atoms. The maximum absolute atomic E-state index is 11.3. The Morgan fingerprint density at radius 1 is 1.50 bits per heavy atom. The van der Waals surface area contributed by atoms with Gasteiger partial charge in [0, 0.05) is 5.75 Å². The second-order valence-corrected chi connectivity index (χ2v) is 5.10. The van der Waals surface area contributed by atoms with E-state index >= 15 is 0 Å². The highest BCUT2D eigenvalue weighted by Crippen LogP contribution is 2.19. The van der Waals surface area contributed by atoms with Crippen LogP contribution in [0.2, 0.25) is 0 Å². The Morgan fingerprint density at radius 2 is 2.28 bits per heavy atom. The molecular formula is C12H14N4OS. The third-order valence-electron chi connectivity index (χ3n) is 2.61. The van der Waals surface area contributed by atoms with Gasteiger partial charge in [0.2, 0.25) is 5.91 Å². The van der Waals surface area contributed by atoms with Crippen LogP contribution in [-0.4, -0.2) is 17.6 Å². The molecule has 1 amide bonds. The molecule has 94 valence electrons. The fraction of sp³-hybridized carbons (Fsp3) is 0.333. The van der Waals surface area contributed by atoms with E-state index in [1.165, 1.54) is 11.8 Å². The monoisotopic (exact) mass is 262 g/mol. The Bertz CT molecular complexity index is 485. The molecule has 1 aliphatic heterocycles. The van der Waals surface area contributed by atoms with Gasteiger partial charge in [-0.2, -0.15) is 5.26 Å². The smallest absolute Gasteiger partial charge is 0.224 e. The van der Waals surface area contributed by atoms with Crippen LogP contribution >= 0.6 is 11.8 Å². The zero-order valence-corrected chi connectivity index (χ0v) is 10.5. The van der Waals surface area contributed by atoms with Gasteiger partial charge in [-0.25, -0.2) is 0 Å². The van der Waals surface area contributed by atoms with Crippen LogP contribution < -0.4 is 16.4 Å². The molecule has 1 aromatic rings. The van der Waals surface area contributed by atoms with Gasteiger partial charge in [-0.3, -0.25) is 10.1 Å². The van der Waals surface area contributed by atoms with Crippen molar-refractivity contribution in [2.45, 2.75) is 23.8 Å². The molecule has 2 unspecified atom stereocenters. The fourth-order valence-corrected chi connectivity index (χ4v) is 2.80. The lowest BCUT2D eigenvalue weighted by Gasteiger charge is -2.28. The summed E-state index contributed by atoms with van der Waals surface area (Å²) in [5.41, 5.74) is 7.12. The predicted octanol–water partition coefficient (Wildman–Crippen LogP) is 0.469. The Labute approximate surface area is 110 Å². The predicted molar refractivity (Wildman–Crippen MR) is 70.1 cm³/mol. The van der Waals surface area contributed by atoms with Crippen molar-refractivity contribution < 1.29 is 4.79 Å². The lowest BCUT2D eigenvalue weighted by Crippen LogP contribution is -2.57. The van der Waals surface area contributed by atoms with Crippen molar-refractivity contribution >= 4 is 17.7 Å². The van der Waals surface area contributed by atoms with Crippen molar-refractivity contribution in [3.63, 3.8) is 0 Å². The molecule has 1 aromatic carbocycles. The molecule has 5 nitrogen and oxygen atoms in total. The topological polar surface area (TPSA) is 90.9 Å². The number of benzene rings is 1. The first-order valence-electron chi connectivity index (χ1n) is 5.59. The molecule has 0 aliphatic carbocycles. The van der Waals surface area contributed by atoms with Gasteiger partial charge in [0.25, 0.3) is 0 Å². The highest BCUT2D eigenvalue weighted by atomic mass is 32.2. The van der Waals surface area contributed by atoms with Gasteiger partial charge in [-0.15, -0.1) is 11.8 Å². The lowest BCUT2D eigenvalue weighted by atomic mass is 10.1. The van der Waals surface area contributed by atoms with Crippen LogP contribution in [0.25, 0.3) is 0 Å². The van der Waals surface area contributed by atoms with Crippen molar-refractivity contribution in [3.05, 3.63) is 35.4 Å². The summed E-state index contributed by atoms with van der Waals surface area (Å²) in [5, 5.41) is 14.9. The minimum Gasteiger partial charge on any atom is -0.332 e. The first kappa shape index (κ1) is 12.9. The van der Waals surface area contributed by atoms with Crippen LogP contribution in [0, 0.1) is 11.3 Å². The van der Waals surface area contributed by atoms with Gasteiger partial charge in [-0.1, -0.05) is 18.2 Å². The zero-order chi connectivity index (χ0) is 13.0. The van der Waals surface area contributed by atoms with Crippen molar-refractivity contribution in [2.24, 2.45) is 5.73 Å². The number of carbonyl (C=O) groups excluding carboxylic acids is 1. The van der Waals surface area contributed by atoms with E-state index in [2.05, 4.69) is 16.7 Å². The molecule has 4 N–H and O–H groups in total. The molecule has 6 heteroatoms. The average molecular weight is 262 g/mol. The van der Waals surface area contributed by atoms with Gasteiger partial charge in [-0.05, 0) is 11.6 Å². The van der Waals surface area contributed by atoms with E-state index in [4.69, 9.17) is 11.0 Å². The van der Waals surface area contributed by atoms with Crippen molar-refractivity contribution in [1.29, 1.82) is 5.26 Å². The molecule has 18 heavy (non-hydrogen) atoms. The van der Waals surface area contributed by atoms with E-state index in [0.29, 0.717) is 17.7 Å². The second-order valence-electron chi connectivity index (χ2n) is 4.00. The molecular weight excluding hydrogens is 248 g/mol. The number of nitrogens with zero attached hydrogens (tertiary/aromatic N) is 1. The molecule has 0 spiro atoms. The second kappa shape index (κ2) is 5.87. The minimum absolute atomic E-state index is 0.0488. The van der Waals surface area contributed by atoms with Gasteiger partial charge in [0.1, 0.15) is 5.50 Å². The number of hydrogen-bond donors (Lipinski definition) is 3. The van der Waals surface area contributed by atoms with Crippen LogP contribution in [0.3, 0.4) is 0 Å². The van der Waals surface area contributed by atoms with E-state index in [9.17, 15) is 4.79 Å². The Kier molecular flexibility index (Phi) is 4.20. The van der Waals surface area contributed by atoms with Crippen molar-refractivity contribution in [3.8, 4) is 6.07 Å².